The van der Waals surface area contributed by atoms with Crippen LogP contribution in [0.3, 0.4) is 0 Å². The fourth-order valence-electron chi connectivity index (χ4n) is 0.295. The first kappa shape index (κ1) is 7.50. The molecule has 9 heavy (non-hydrogen) atoms. The molecule has 3 N–H and O–H groups in total. The molecule has 0 aromatic carbocycles. The topological polar surface area (TPSA) is 78.9 Å². The van der Waals surface area contributed by atoms with Crippen LogP contribution in [0.2, 0.25) is 0 Å². The average Bonchev–Trinajstić information content (AvgIpc) is 1.82. The van der Waals surface area contributed by atoms with E-state index in [0.717, 1.165) is 0 Å². The van der Waals surface area contributed by atoms with Crippen molar-refractivity contribution in [2.24, 2.45) is 5.73 Å². The van der Waals surface area contributed by atoms with Gasteiger partial charge in [0, 0.05) is 5.70 Å². The van der Waals surface area contributed by atoms with E-state index in [0.29, 0.717) is 6.41 Å². The van der Waals surface area contributed by atoms with Crippen molar-refractivity contribution in [1.29, 1.82) is 5.26 Å². The minimum atomic E-state index is -0.762. The summed E-state index contributed by atoms with van der Waals surface area (Å²) in [5, 5.41) is 10.4. The molecule has 48 valence electrons. The van der Waals surface area contributed by atoms with Crippen LogP contribution in [0.1, 0.15) is 0 Å². The molecule has 0 bridgehead atoms. The summed E-state index contributed by atoms with van der Waals surface area (Å²) in [5.41, 5.74) is 5.24. The standard InChI is InChI=1S/C5H7N3O/c1-4(7)5(2-6)8-3-9/h3,5H,1,7H2,(H,8,9). The SMILES string of the molecule is C=C(N)C(C#N)NC=O. The van der Waals surface area contributed by atoms with Crippen molar-refractivity contribution in [3.05, 3.63) is 12.3 Å². The predicted molar refractivity (Wildman–Crippen MR) is 31.9 cm³/mol. The van der Waals surface area contributed by atoms with Crippen LogP contribution in [0.25, 0.3) is 0 Å². The predicted octanol–water partition coefficient (Wildman–Crippen LogP) is -0.903. The number of nitrogens with zero attached hydrogens (tertiary/aromatic N) is 1. The second kappa shape index (κ2) is 3.50. The van der Waals surface area contributed by atoms with Gasteiger partial charge in [0.25, 0.3) is 0 Å². The Kier molecular flexibility index (Phi) is 2.91. The summed E-state index contributed by atoms with van der Waals surface area (Å²) in [4.78, 5) is 9.72. The second-order valence-electron chi connectivity index (χ2n) is 1.42. The Morgan fingerprint density at radius 3 is 2.67 bits per heavy atom. The molecule has 4 heteroatoms. The van der Waals surface area contributed by atoms with E-state index in [2.05, 4.69) is 11.9 Å². The van der Waals surface area contributed by atoms with Gasteiger partial charge < -0.3 is 11.1 Å². The maximum Gasteiger partial charge on any atom is 0.208 e. The van der Waals surface area contributed by atoms with Crippen LogP contribution in [0.4, 0.5) is 0 Å². The summed E-state index contributed by atoms with van der Waals surface area (Å²) in [5.74, 6) is 0. The first-order valence-electron chi connectivity index (χ1n) is 2.26. The normalized spacial score (nSPS) is 11.0. The van der Waals surface area contributed by atoms with Gasteiger partial charge in [-0.05, 0) is 0 Å². The maximum absolute atomic E-state index is 9.72. The quantitative estimate of drug-likeness (QED) is 0.479. The van der Waals surface area contributed by atoms with Crippen molar-refractivity contribution in [2.75, 3.05) is 0 Å². The van der Waals surface area contributed by atoms with Crippen LogP contribution in [0, 0.1) is 11.3 Å². The third kappa shape index (κ3) is 2.34. The van der Waals surface area contributed by atoms with E-state index in [1.807, 2.05) is 0 Å². The lowest BCUT2D eigenvalue weighted by Gasteiger charge is -2.03. The molecule has 0 aromatic rings. The number of nitriles is 1. The van der Waals surface area contributed by atoms with Crippen LogP contribution < -0.4 is 11.1 Å². The van der Waals surface area contributed by atoms with E-state index >= 15 is 0 Å². The Morgan fingerprint density at radius 1 is 2.00 bits per heavy atom. The molecule has 0 fully saturated rings. The number of nitrogens with one attached hydrogen (secondary N) is 1. The third-order valence-corrected chi connectivity index (χ3v) is 0.735. The van der Waals surface area contributed by atoms with E-state index in [4.69, 9.17) is 11.0 Å². The number of nitrogens with two attached hydrogens (primary N) is 1. The number of hydrogen-bond donors (Lipinski definition) is 2. The Bertz CT molecular complexity index is 158. The largest absolute Gasteiger partial charge is 0.400 e. The second-order valence-corrected chi connectivity index (χ2v) is 1.42. The van der Waals surface area contributed by atoms with Crippen molar-refractivity contribution in [3.63, 3.8) is 0 Å². The van der Waals surface area contributed by atoms with Crippen LogP contribution >= 0.6 is 0 Å². The lowest BCUT2D eigenvalue weighted by Crippen LogP contribution is -2.30. The van der Waals surface area contributed by atoms with Gasteiger partial charge in [-0.25, -0.2) is 0 Å². The molecule has 1 unspecified atom stereocenters. The summed E-state index contributed by atoms with van der Waals surface area (Å²) in [6.45, 7) is 3.28. The van der Waals surface area contributed by atoms with E-state index in [-0.39, 0.29) is 5.70 Å². The zero-order chi connectivity index (χ0) is 7.28. The van der Waals surface area contributed by atoms with Gasteiger partial charge in [0.2, 0.25) is 6.41 Å². The lowest BCUT2D eigenvalue weighted by atomic mass is 10.3. The molecule has 0 aliphatic carbocycles. The molecule has 1 amide bonds. The zero-order valence-electron chi connectivity index (χ0n) is 4.79. The summed E-state index contributed by atoms with van der Waals surface area (Å²) in [7, 11) is 0. The molecule has 0 aliphatic rings. The van der Waals surface area contributed by atoms with E-state index in [1.54, 1.807) is 6.07 Å². The average molecular weight is 125 g/mol. The molecule has 0 radical (unpaired) electrons. The fraction of sp³-hybridized carbons (Fsp3) is 0.200. The van der Waals surface area contributed by atoms with Gasteiger partial charge in [0.15, 0.2) is 6.04 Å². The molecule has 0 saturated carbocycles. The molecule has 0 rings (SSSR count). The lowest BCUT2D eigenvalue weighted by molar-refractivity contribution is -0.109. The van der Waals surface area contributed by atoms with Gasteiger partial charge >= 0.3 is 0 Å². The molecule has 0 heterocycles. The smallest absolute Gasteiger partial charge is 0.208 e. The highest BCUT2D eigenvalue weighted by molar-refractivity contribution is 5.49. The monoisotopic (exact) mass is 125 g/mol. The molecular formula is C5H7N3O. The van der Waals surface area contributed by atoms with Crippen LogP contribution in [-0.2, 0) is 4.79 Å². The molecule has 0 spiro atoms. The van der Waals surface area contributed by atoms with Gasteiger partial charge in [0.05, 0.1) is 6.07 Å². The van der Waals surface area contributed by atoms with Gasteiger partial charge in [-0.2, -0.15) is 5.26 Å². The highest BCUT2D eigenvalue weighted by Crippen LogP contribution is 1.85. The van der Waals surface area contributed by atoms with Crippen molar-refractivity contribution < 1.29 is 4.79 Å². The van der Waals surface area contributed by atoms with Gasteiger partial charge in [0.1, 0.15) is 0 Å². The highest BCUT2D eigenvalue weighted by Gasteiger charge is 2.03. The van der Waals surface area contributed by atoms with Crippen molar-refractivity contribution >= 4 is 6.41 Å². The molecule has 4 nitrogen and oxygen atoms in total. The number of carbonyl (C=O) groups excluding carboxylic acids is 1. The summed E-state index contributed by atoms with van der Waals surface area (Å²) in [6, 6.07) is 0.974. The van der Waals surface area contributed by atoms with Gasteiger partial charge in [-0.15, -0.1) is 0 Å². The summed E-state index contributed by atoms with van der Waals surface area (Å²) >= 11 is 0. The zero-order valence-corrected chi connectivity index (χ0v) is 4.79. The first-order valence-corrected chi connectivity index (χ1v) is 2.26. The minimum absolute atomic E-state index is 0.143. The summed E-state index contributed by atoms with van der Waals surface area (Å²) < 4.78 is 0. The molecule has 0 aliphatic heterocycles. The summed E-state index contributed by atoms with van der Waals surface area (Å²) in [6.07, 6.45) is 0.409. The molecular weight excluding hydrogens is 118 g/mol. The van der Waals surface area contributed by atoms with Crippen LogP contribution in [-0.4, -0.2) is 12.5 Å². The van der Waals surface area contributed by atoms with Crippen molar-refractivity contribution in [3.8, 4) is 6.07 Å². The Morgan fingerprint density at radius 2 is 2.56 bits per heavy atom. The van der Waals surface area contributed by atoms with Gasteiger partial charge in [-0.1, -0.05) is 6.58 Å². The minimum Gasteiger partial charge on any atom is -0.400 e. The Hall–Kier alpha value is -1.50. The first-order chi connectivity index (χ1) is 4.22. The molecule has 1 atom stereocenters. The number of amides is 1. The van der Waals surface area contributed by atoms with Crippen LogP contribution in [0.15, 0.2) is 12.3 Å². The molecule has 0 aromatic heterocycles. The number of carbonyl (C=O) groups is 1. The Balaban J connectivity index is 3.86. The Labute approximate surface area is 53.0 Å². The van der Waals surface area contributed by atoms with E-state index in [1.165, 1.54) is 0 Å². The third-order valence-electron chi connectivity index (χ3n) is 0.735. The maximum atomic E-state index is 9.72. The number of rotatable bonds is 3. The van der Waals surface area contributed by atoms with Crippen molar-refractivity contribution in [1.82, 2.24) is 5.32 Å². The van der Waals surface area contributed by atoms with E-state index < -0.39 is 6.04 Å². The fourth-order valence-corrected chi connectivity index (χ4v) is 0.295. The van der Waals surface area contributed by atoms with Gasteiger partial charge in [-0.3, -0.25) is 4.79 Å². The number of hydrogen-bond acceptors (Lipinski definition) is 3. The highest BCUT2D eigenvalue weighted by atomic mass is 16.1. The van der Waals surface area contributed by atoms with Crippen molar-refractivity contribution in [2.45, 2.75) is 6.04 Å². The molecule has 0 saturated heterocycles. The van der Waals surface area contributed by atoms with Crippen LogP contribution in [0.5, 0.6) is 0 Å². The van der Waals surface area contributed by atoms with E-state index in [9.17, 15) is 4.79 Å².